The van der Waals surface area contributed by atoms with Crippen LogP contribution >= 0.6 is 23.1 Å². The van der Waals surface area contributed by atoms with Crippen molar-refractivity contribution in [2.24, 2.45) is 0 Å². The van der Waals surface area contributed by atoms with Crippen LogP contribution in [0, 0.1) is 5.82 Å². The summed E-state index contributed by atoms with van der Waals surface area (Å²) in [7, 11) is 0. The molecule has 0 N–H and O–H groups in total. The Bertz CT molecular complexity index is 1280. The number of hydrogen-bond donors (Lipinski definition) is 0. The molecular weight excluding hydrogens is 469 g/mol. The van der Waals surface area contributed by atoms with Gasteiger partial charge in [0, 0.05) is 43.1 Å². The number of rotatable bonds is 5. The average molecular weight is 492 g/mol. The topological polar surface area (TPSA) is 53.5 Å². The number of aromatic nitrogens is 1. The van der Waals surface area contributed by atoms with E-state index in [-0.39, 0.29) is 17.6 Å². The van der Waals surface area contributed by atoms with E-state index in [1.165, 1.54) is 29.0 Å². The summed E-state index contributed by atoms with van der Waals surface area (Å²) < 4.78 is 15.3. The van der Waals surface area contributed by atoms with Gasteiger partial charge in [-0.25, -0.2) is 9.37 Å². The molecule has 1 aliphatic rings. The second kappa shape index (κ2) is 9.95. The van der Waals surface area contributed by atoms with Gasteiger partial charge in [0.25, 0.3) is 11.8 Å². The lowest BCUT2D eigenvalue weighted by Crippen LogP contribution is -2.50. The maximum atomic E-state index is 13.1. The molecule has 0 saturated carbocycles. The van der Waals surface area contributed by atoms with Crippen LogP contribution in [0.2, 0.25) is 0 Å². The van der Waals surface area contributed by atoms with E-state index in [9.17, 15) is 14.0 Å². The Morgan fingerprint density at radius 2 is 1.38 bits per heavy atom. The molecule has 1 aromatic heterocycles. The molecule has 1 saturated heterocycles. The van der Waals surface area contributed by atoms with Crippen LogP contribution in [-0.2, 0) is 5.75 Å². The number of halogens is 1. The smallest absolute Gasteiger partial charge is 0.253 e. The van der Waals surface area contributed by atoms with E-state index in [0.717, 1.165) is 21.2 Å². The van der Waals surface area contributed by atoms with Gasteiger partial charge in [-0.3, -0.25) is 9.59 Å². The van der Waals surface area contributed by atoms with Gasteiger partial charge in [0.2, 0.25) is 0 Å². The zero-order chi connectivity index (χ0) is 23.5. The molecule has 172 valence electrons. The van der Waals surface area contributed by atoms with Crippen LogP contribution in [0.25, 0.3) is 10.2 Å². The van der Waals surface area contributed by atoms with Crippen LogP contribution in [-0.4, -0.2) is 52.8 Å². The third-order valence-corrected chi connectivity index (χ3v) is 8.03. The highest BCUT2D eigenvalue weighted by Crippen LogP contribution is 2.31. The first kappa shape index (κ1) is 22.6. The predicted molar refractivity (Wildman–Crippen MR) is 134 cm³/mol. The zero-order valence-corrected chi connectivity index (χ0v) is 19.9. The molecule has 2 heterocycles. The monoisotopic (exact) mass is 491 g/mol. The number of thioether (sulfide) groups is 1. The summed E-state index contributed by atoms with van der Waals surface area (Å²) in [6, 6.07) is 21.4. The summed E-state index contributed by atoms with van der Waals surface area (Å²) in [5.41, 5.74) is 3.26. The SMILES string of the molecule is O=C(c1ccc(F)cc1)N1CCN(C(=O)c2ccc(CSc3nc4ccccc4s3)cc2)CC1. The number of carbonyl (C=O) groups is 2. The second-order valence-electron chi connectivity index (χ2n) is 8.02. The van der Waals surface area contributed by atoms with Crippen molar-refractivity contribution in [1.29, 1.82) is 0 Å². The molecule has 1 fully saturated rings. The number of piperazine rings is 1. The first-order valence-corrected chi connectivity index (χ1v) is 12.8. The van der Waals surface area contributed by atoms with Crippen LogP contribution in [0.5, 0.6) is 0 Å². The summed E-state index contributed by atoms with van der Waals surface area (Å²) in [6.07, 6.45) is 0. The first-order valence-electron chi connectivity index (χ1n) is 11.0. The van der Waals surface area contributed by atoms with Gasteiger partial charge >= 0.3 is 0 Å². The van der Waals surface area contributed by atoms with Crippen LogP contribution in [0.1, 0.15) is 26.3 Å². The number of carbonyl (C=O) groups excluding carboxylic acids is 2. The standard InChI is InChI=1S/C26H22FN3O2S2/c27-21-11-9-20(10-12-21)25(32)30-15-13-29(14-16-30)24(31)19-7-5-18(6-8-19)17-33-26-28-22-3-1-2-4-23(22)34-26/h1-12H,13-17H2. The molecule has 3 aromatic carbocycles. The number of thiazole rings is 1. The molecule has 0 atom stereocenters. The molecule has 0 spiro atoms. The predicted octanol–water partition coefficient (Wildman–Crippen LogP) is 5.33. The Morgan fingerprint density at radius 3 is 1.97 bits per heavy atom. The highest BCUT2D eigenvalue weighted by molar-refractivity contribution is 8.00. The third-order valence-electron chi connectivity index (χ3n) is 5.78. The molecule has 34 heavy (non-hydrogen) atoms. The van der Waals surface area contributed by atoms with Crippen LogP contribution in [0.15, 0.2) is 77.1 Å². The van der Waals surface area contributed by atoms with Crippen LogP contribution in [0.4, 0.5) is 4.39 Å². The molecule has 8 heteroatoms. The Morgan fingerprint density at radius 1 is 0.824 bits per heavy atom. The van der Waals surface area contributed by atoms with Gasteiger partial charge in [0.1, 0.15) is 5.82 Å². The molecule has 5 rings (SSSR count). The van der Waals surface area contributed by atoms with Crippen molar-refractivity contribution in [1.82, 2.24) is 14.8 Å². The van der Waals surface area contributed by atoms with E-state index in [2.05, 4.69) is 11.1 Å². The van der Waals surface area contributed by atoms with Crippen molar-refractivity contribution in [3.05, 3.63) is 95.3 Å². The molecule has 5 nitrogen and oxygen atoms in total. The maximum Gasteiger partial charge on any atom is 0.253 e. The zero-order valence-electron chi connectivity index (χ0n) is 18.3. The molecule has 2 amide bonds. The molecule has 1 aliphatic heterocycles. The quantitative estimate of drug-likeness (QED) is 0.354. The van der Waals surface area contributed by atoms with Gasteiger partial charge in [0.05, 0.1) is 10.2 Å². The summed E-state index contributed by atoms with van der Waals surface area (Å²) in [5.74, 6) is 0.257. The molecular formula is C26H22FN3O2S2. The number of nitrogens with zero attached hydrogens (tertiary/aromatic N) is 3. The van der Waals surface area contributed by atoms with E-state index in [1.807, 2.05) is 42.5 Å². The molecule has 4 aromatic rings. The Balaban J connectivity index is 1.14. The summed E-state index contributed by atoms with van der Waals surface area (Å²) in [4.78, 5) is 33.7. The van der Waals surface area contributed by atoms with E-state index < -0.39 is 0 Å². The molecule has 0 radical (unpaired) electrons. The van der Waals surface area contributed by atoms with Gasteiger partial charge < -0.3 is 9.80 Å². The lowest BCUT2D eigenvalue weighted by atomic mass is 10.1. The highest BCUT2D eigenvalue weighted by atomic mass is 32.2. The fraction of sp³-hybridized carbons (Fsp3) is 0.192. The van der Waals surface area contributed by atoms with Crippen molar-refractivity contribution in [3.8, 4) is 0 Å². The van der Waals surface area contributed by atoms with Crippen molar-refractivity contribution in [2.75, 3.05) is 26.2 Å². The molecule has 0 bridgehead atoms. The Labute approximate surface area is 205 Å². The number of amides is 2. The largest absolute Gasteiger partial charge is 0.335 e. The number of benzene rings is 3. The summed E-state index contributed by atoms with van der Waals surface area (Å²) in [5, 5.41) is 0. The molecule has 0 unspecified atom stereocenters. The van der Waals surface area contributed by atoms with E-state index in [4.69, 9.17) is 0 Å². The van der Waals surface area contributed by atoms with Gasteiger partial charge in [-0.05, 0) is 54.1 Å². The van der Waals surface area contributed by atoms with E-state index >= 15 is 0 Å². The number of hydrogen-bond acceptors (Lipinski definition) is 5. The lowest BCUT2D eigenvalue weighted by Gasteiger charge is -2.35. The van der Waals surface area contributed by atoms with Gasteiger partial charge in [-0.1, -0.05) is 36.0 Å². The number of fused-ring (bicyclic) bond motifs is 1. The van der Waals surface area contributed by atoms with Gasteiger partial charge in [-0.15, -0.1) is 11.3 Å². The average Bonchev–Trinajstić information content (AvgIpc) is 3.31. The Hall–Kier alpha value is -3.23. The number of para-hydroxylation sites is 1. The minimum atomic E-state index is -0.367. The van der Waals surface area contributed by atoms with Crippen molar-refractivity contribution in [2.45, 2.75) is 10.1 Å². The van der Waals surface area contributed by atoms with Gasteiger partial charge in [-0.2, -0.15) is 0 Å². The summed E-state index contributed by atoms with van der Waals surface area (Å²) in [6.45, 7) is 1.86. The molecule has 0 aliphatic carbocycles. The minimum absolute atomic E-state index is 0.0285. The normalized spacial score (nSPS) is 13.9. The highest BCUT2D eigenvalue weighted by Gasteiger charge is 2.25. The fourth-order valence-electron chi connectivity index (χ4n) is 3.87. The third kappa shape index (κ3) is 4.98. The van der Waals surface area contributed by atoms with E-state index in [0.29, 0.717) is 37.3 Å². The summed E-state index contributed by atoms with van der Waals surface area (Å²) >= 11 is 3.39. The van der Waals surface area contributed by atoms with Crippen molar-refractivity contribution < 1.29 is 14.0 Å². The fourth-order valence-corrected chi connectivity index (χ4v) is 5.90. The minimum Gasteiger partial charge on any atom is -0.335 e. The van der Waals surface area contributed by atoms with Crippen molar-refractivity contribution >= 4 is 45.1 Å². The van der Waals surface area contributed by atoms with Crippen LogP contribution < -0.4 is 0 Å². The maximum absolute atomic E-state index is 13.1. The van der Waals surface area contributed by atoms with Gasteiger partial charge in [0.15, 0.2) is 4.34 Å². The Kier molecular flexibility index (Phi) is 6.60. The van der Waals surface area contributed by atoms with Crippen LogP contribution in [0.3, 0.4) is 0 Å². The lowest BCUT2D eigenvalue weighted by molar-refractivity contribution is 0.0535. The first-order chi connectivity index (χ1) is 16.6. The van der Waals surface area contributed by atoms with Crippen molar-refractivity contribution in [3.63, 3.8) is 0 Å². The van der Waals surface area contributed by atoms with E-state index in [1.54, 1.807) is 32.9 Å². The second-order valence-corrected chi connectivity index (χ2v) is 10.3.